The molecule has 0 aliphatic carbocycles. The van der Waals surface area contributed by atoms with Crippen molar-refractivity contribution >= 4 is 22.9 Å². The van der Waals surface area contributed by atoms with Crippen molar-refractivity contribution in [3.05, 3.63) is 71.7 Å². The zero-order valence-corrected chi connectivity index (χ0v) is 13.8. The number of benzene rings is 2. The van der Waals surface area contributed by atoms with Gasteiger partial charge in [-0.2, -0.15) is 0 Å². The van der Waals surface area contributed by atoms with Crippen LogP contribution in [0.3, 0.4) is 0 Å². The number of carbonyl (C=O) groups is 2. The van der Waals surface area contributed by atoms with Crippen molar-refractivity contribution in [2.75, 3.05) is 0 Å². The minimum atomic E-state index is -1.13. The molecule has 7 heteroatoms. The number of fused-ring (bicyclic) bond motifs is 1. The molecule has 0 saturated heterocycles. The van der Waals surface area contributed by atoms with E-state index in [2.05, 4.69) is 15.6 Å². The van der Waals surface area contributed by atoms with Crippen LogP contribution in [0, 0.1) is 5.82 Å². The molecule has 6 nitrogen and oxygen atoms in total. The summed E-state index contributed by atoms with van der Waals surface area (Å²) in [6, 6.07) is 11.7. The molecule has 0 bridgehead atoms. The van der Waals surface area contributed by atoms with Crippen molar-refractivity contribution in [1.29, 1.82) is 0 Å². The van der Waals surface area contributed by atoms with E-state index in [1.807, 2.05) is 24.3 Å². The van der Waals surface area contributed by atoms with Gasteiger partial charge in [-0.15, -0.1) is 0 Å². The van der Waals surface area contributed by atoms with Crippen LogP contribution in [-0.4, -0.2) is 28.1 Å². The van der Waals surface area contributed by atoms with Crippen LogP contribution in [0.1, 0.15) is 11.1 Å². The van der Waals surface area contributed by atoms with E-state index in [4.69, 9.17) is 0 Å². The normalized spacial score (nSPS) is 11.9. The van der Waals surface area contributed by atoms with Crippen LogP contribution in [0.2, 0.25) is 0 Å². The molecule has 2 amide bonds. The van der Waals surface area contributed by atoms with E-state index in [0.717, 1.165) is 16.5 Å². The van der Waals surface area contributed by atoms with Gasteiger partial charge in [-0.3, -0.25) is 0 Å². The molecule has 1 aromatic heterocycles. The third-order valence-corrected chi connectivity index (χ3v) is 4.04. The Bertz CT molecular complexity index is 938. The number of carbonyl (C=O) groups excluding carboxylic acids is 1. The first-order valence-corrected chi connectivity index (χ1v) is 8.09. The predicted molar refractivity (Wildman–Crippen MR) is 95.2 cm³/mol. The van der Waals surface area contributed by atoms with Gasteiger partial charge < -0.3 is 20.7 Å². The molecule has 1 heterocycles. The fourth-order valence-electron chi connectivity index (χ4n) is 2.76. The van der Waals surface area contributed by atoms with E-state index in [9.17, 15) is 19.1 Å². The number of amides is 2. The van der Waals surface area contributed by atoms with Gasteiger partial charge in [0, 0.05) is 30.1 Å². The molecule has 134 valence electrons. The molecular formula is C19H18FN3O3. The van der Waals surface area contributed by atoms with Gasteiger partial charge in [0.25, 0.3) is 0 Å². The Morgan fingerprint density at radius 3 is 2.73 bits per heavy atom. The molecular weight excluding hydrogens is 337 g/mol. The minimum Gasteiger partial charge on any atom is -0.480 e. The number of carboxylic acids is 1. The topological polar surface area (TPSA) is 94.2 Å². The van der Waals surface area contributed by atoms with Gasteiger partial charge in [0.1, 0.15) is 11.9 Å². The summed E-state index contributed by atoms with van der Waals surface area (Å²) in [6.45, 7) is 0.100. The Morgan fingerprint density at radius 1 is 1.15 bits per heavy atom. The van der Waals surface area contributed by atoms with Crippen molar-refractivity contribution in [2.45, 2.75) is 19.0 Å². The molecule has 0 spiro atoms. The van der Waals surface area contributed by atoms with Crippen molar-refractivity contribution in [2.24, 2.45) is 0 Å². The smallest absolute Gasteiger partial charge is 0.326 e. The summed E-state index contributed by atoms with van der Waals surface area (Å²) in [5.74, 6) is -1.52. The fourth-order valence-corrected chi connectivity index (χ4v) is 2.76. The monoisotopic (exact) mass is 355 g/mol. The Labute approximate surface area is 149 Å². The second kappa shape index (κ2) is 7.69. The number of rotatable bonds is 6. The van der Waals surface area contributed by atoms with Crippen LogP contribution in [0.4, 0.5) is 9.18 Å². The van der Waals surface area contributed by atoms with E-state index in [-0.39, 0.29) is 13.0 Å². The highest BCUT2D eigenvalue weighted by molar-refractivity contribution is 5.86. The molecule has 0 saturated carbocycles. The predicted octanol–water partition coefficient (Wildman–Crippen LogP) is 2.80. The number of carboxylic acid groups (broad SMARTS) is 1. The quantitative estimate of drug-likeness (QED) is 0.548. The molecule has 26 heavy (non-hydrogen) atoms. The number of urea groups is 1. The van der Waals surface area contributed by atoms with E-state index in [1.165, 1.54) is 12.1 Å². The fraction of sp³-hybridized carbons (Fsp3) is 0.158. The highest BCUT2D eigenvalue weighted by Gasteiger charge is 2.21. The Hall–Kier alpha value is -3.35. The lowest BCUT2D eigenvalue weighted by Crippen LogP contribution is -2.46. The number of H-pyrrole nitrogens is 1. The summed E-state index contributed by atoms with van der Waals surface area (Å²) in [5, 5.41) is 15.3. The average molecular weight is 355 g/mol. The molecule has 0 aliphatic rings. The molecule has 2 aromatic carbocycles. The van der Waals surface area contributed by atoms with Gasteiger partial charge >= 0.3 is 12.0 Å². The number of hydrogen-bond acceptors (Lipinski definition) is 2. The first-order chi connectivity index (χ1) is 12.5. The maximum atomic E-state index is 13.1. The SMILES string of the molecule is O=C(NCc1cccc(F)c1)NC(Cc1c[nH]c2ccccc12)C(=O)O. The Kier molecular flexibility index (Phi) is 5.17. The number of aliphatic carboxylic acids is 1. The van der Waals surface area contributed by atoms with Crippen LogP contribution in [0.25, 0.3) is 10.9 Å². The van der Waals surface area contributed by atoms with Crippen molar-refractivity contribution in [3.8, 4) is 0 Å². The Morgan fingerprint density at radius 2 is 1.96 bits per heavy atom. The second-order valence-corrected chi connectivity index (χ2v) is 5.91. The van der Waals surface area contributed by atoms with E-state index < -0.39 is 23.9 Å². The summed E-state index contributed by atoms with van der Waals surface area (Å²) in [4.78, 5) is 26.6. The summed E-state index contributed by atoms with van der Waals surface area (Å²) in [6.07, 6.45) is 1.89. The number of halogens is 1. The Balaban J connectivity index is 1.63. The van der Waals surface area contributed by atoms with Gasteiger partial charge in [0.15, 0.2) is 0 Å². The molecule has 0 fully saturated rings. The van der Waals surface area contributed by atoms with Crippen LogP contribution >= 0.6 is 0 Å². The summed E-state index contributed by atoms with van der Waals surface area (Å²) in [7, 11) is 0. The number of aromatic nitrogens is 1. The molecule has 3 rings (SSSR count). The molecule has 3 aromatic rings. The lowest BCUT2D eigenvalue weighted by Gasteiger charge is -2.15. The third-order valence-electron chi connectivity index (χ3n) is 4.04. The lowest BCUT2D eigenvalue weighted by atomic mass is 10.1. The van der Waals surface area contributed by atoms with Crippen LogP contribution < -0.4 is 10.6 Å². The van der Waals surface area contributed by atoms with Crippen LogP contribution in [-0.2, 0) is 17.8 Å². The van der Waals surface area contributed by atoms with Crippen molar-refractivity contribution in [3.63, 3.8) is 0 Å². The van der Waals surface area contributed by atoms with Crippen molar-refractivity contribution < 1.29 is 19.1 Å². The first-order valence-electron chi connectivity index (χ1n) is 8.09. The third kappa shape index (κ3) is 4.18. The maximum Gasteiger partial charge on any atom is 0.326 e. The van der Waals surface area contributed by atoms with Crippen molar-refractivity contribution in [1.82, 2.24) is 15.6 Å². The largest absolute Gasteiger partial charge is 0.480 e. The molecule has 0 radical (unpaired) electrons. The molecule has 0 aliphatic heterocycles. The zero-order chi connectivity index (χ0) is 18.5. The average Bonchev–Trinajstić information content (AvgIpc) is 3.02. The van der Waals surface area contributed by atoms with Gasteiger partial charge in [-0.1, -0.05) is 30.3 Å². The highest BCUT2D eigenvalue weighted by atomic mass is 19.1. The summed E-state index contributed by atoms with van der Waals surface area (Å²) >= 11 is 0. The van der Waals surface area contributed by atoms with Gasteiger partial charge in [-0.25, -0.2) is 14.0 Å². The minimum absolute atomic E-state index is 0.100. The highest BCUT2D eigenvalue weighted by Crippen LogP contribution is 2.19. The van der Waals surface area contributed by atoms with Gasteiger partial charge in [0.05, 0.1) is 0 Å². The molecule has 4 N–H and O–H groups in total. The number of nitrogens with one attached hydrogen (secondary N) is 3. The van der Waals surface area contributed by atoms with Crippen LogP contribution in [0.5, 0.6) is 0 Å². The first kappa shape index (κ1) is 17.5. The van der Waals surface area contributed by atoms with Crippen LogP contribution in [0.15, 0.2) is 54.7 Å². The van der Waals surface area contributed by atoms with E-state index >= 15 is 0 Å². The summed E-state index contributed by atoms with van der Waals surface area (Å²) < 4.78 is 13.1. The van der Waals surface area contributed by atoms with Gasteiger partial charge in [0.2, 0.25) is 0 Å². The second-order valence-electron chi connectivity index (χ2n) is 5.91. The van der Waals surface area contributed by atoms with E-state index in [1.54, 1.807) is 18.3 Å². The molecule has 1 unspecified atom stereocenters. The zero-order valence-electron chi connectivity index (χ0n) is 13.8. The number of para-hydroxylation sites is 1. The standard InChI is InChI=1S/C19H18FN3O3/c20-14-5-3-4-12(8-14)10-22-19(26)23-17(18(24)25)9-13-11-21-16-7-2-1-6-15(13)16/h1-8,11,17,21H,9-10H2,(H,24,25)(H2,22,23,26). The number of aromatic amines is 1. The molecule has 1 atom stereocenters. The maximum absolute atomic E-state index is 13.1. The van der Waals surface area contributed by atoms with Gasteiger partial charge in [-0.05, 0) is 29.3 Å². The lowest BCUT2D eigenvalue weighted by molar-refractivity contribution is -0.139. The number of hydrogen-bond donors (Lipinski definition) is 4. The summed E-state index contributed by atoms with van der Waals surface area (Å²) in [5.41, 5.74) is 2.30. The van der Waals surface area contributed by atoms with E-state index in [0.29, 0.717) is 5.56 Å².